The smallest absolute Gasteiger partial charge is 0.255 e. The maximum absolute atomic E-state index is 14.1. The van der Waals surface area contributed by atoms with Crippen LogP contribution in [0.2, 0.25) is 0 Å². The van der Waals surface area contributed by atoms with Gasteiger partial charge in [0.05, 0.1) is 33.3 Å². The first-order valence-corrected chi connectivity index (χ1v) is 12.7. The minimum absolute atomic E-state index is 0.185. The Hall–Kier alpha value is -4.85. The monoisotopic (exact) mass is 540 g/mol. The van der Waals surface area contributed by atoms with E-state index in [2.05, 4.69) is 5.32 Å². The van der Waals surface area contributed by atoms with Crippen LogP contribution in [0, 0.1) is 5.82 Å². The van der Waals surface area contributed by atoms with Crippen molar-refractivity contribution in [3.8, 4) is 17.2 Å². The van der Waals surface area contributed by atoms with Gasteiger partial charge in [-0.15, -0.1) is 0 Å². The van der Waals surface area contributed by atoms with E-state index in [4.69, 9.17) is 14.2 Å². The summed E-state index contributed by atoms with van der Waals surface area (Å²) in [5.41, 5.74) is 3.10. The van der Waals surface area contributed by atoms with Crippen LogP contribution in [-0.2, 0) is 11.3 Å². The molecule has 2 unspecified atom stereocenters. The number of carbonyl (C=O) groups excluding carboxylic acids is 2. The molecule has 2 amide bonds. The zero-order valence-electron chi connectivity index (χ0n) is 22.4. The van der Waals surface area contributed by atoms with Crippen LogP contribution >= 0.6 is 0 Å². The third kappa shape index (κ3) is 5.20. The van der Waals surface area contributed by atoms with Gasteiger partial charge < -0.3 is 24.4 Å². The second-order valence-corrected chi connectivity index (χ2v) is 9.40. The minimum Gasteiger partial charge on any atom is -0.497 e. The van der Waals surface area contributed by atoms with E-state index in [9.17, 15) is 14.0 Å². The summed E-state index contributed by atoms with van der Waals surface area (Å²) in [6.07, 6.45) is 0. The fraction of sp³-hybridized carbons (Fsp3) is 0.188. The zero-order chi connectivity index (χ0) is 28.2. The fourth-order valence-electron chi connectivity index (χ4n) is 5.14. The van der Waals surface area contributed by atoms with E-state index in [1.54, 1.807) is 73.7 Å². The van der Waals surface area contributed by atoms with Gasteiger partial charge in [0.15, 0.2) is 11.5 Å². The highest BCUT2D eigenvalue weighted by Gasteiger charge is 2.44. The lowest BCUT2D eigenvalue weighted by Crippen LogP contribution is -2.45. The molecule has 204 valence electrons. The molecular formula is C32H29FN2O5. The molecule has 4 aromatic rings. The Balaban J connectivity index is 1.61. The molecule has 7 nitrogen and oxygen atoms in total. The van der Waals surface area contributed by atoms with E-state index in [0.717, 1.165) is 11.1 Å². The second kappa shape index (κ2) is 11.5. The third-order valence-corrected chi connectivity index (χ3v) is 7.10. The van der Waals surface area contributed by atoms with E-state index in [0.29, 0.717) is 34.1 Å². The molecule has 0 saturated carbocycles. The summed E-state index contributed by atoms with van der Waals surface area (Å²) in [7, 11) is 4.65. The number of benzene rings is 4. The summed E-state index contributed by atoms with van der Waals surface area (Å²) < 4.78 is 29.7. The number of rotatable bonds is 8. The number of ether oxygens (including phenoxy) is 3. The van der Waals surface area contributed by atoms with Gasteiger partial charge in [-0.25, -0.2) is 4.39 Å². The quantitative estimate of drug-likeness (QED) is 0.298. The number of amides is 2. The van der Waals surface area contributed by atoms with Crippen molar-refractivity contribution in [2.45, 2.75) is 18.5 Å². The number of hydrogen-bond donors (Lipinski definition) is 1. The van der Waals surface area contributed by atoms with E-state index in [1.165, 1.54) is 19.2 Å². The van der Waals surface area contributed by atoms with Crippen LogP contribution in [-0.4, -0.2) is 38.0 Å². The van der Waals surface area contributed by atoms with E-state index in [1.807, 2.05) is 24.3 Å². The largest absolute Gasteiger partial charge is 0.497 e. The average Bonchev–Trinajstić information content (AvgIpc) is 2.99. The van der Waals surface area contributed by atoms with Crippen LogP contribution in [0.3, 0.4) is 0 Å². The number of methoxy groups -OCH3 is 3. The van der Waals surface area contributed by atoms with Gasteiger partial charge in [-0.05, 0) is 59.2 Å². The van der Waals surface area contributed by atoms with Gasteiger partial charge in [0, 0.05) is 23.9 Å². The second-order valence-electron chi connectivity index (χ2n) is 9.40. The maximum Gasteiger partial charge on any atom is 0.255 e. The van der Waals surface area contributed by atoms with E-state index >= 15 is 0 Å². The van der Waals surface area contributed by atoms with Crippen molar-refractivity contribution >= 4 is 17.5 Å². The molecule has 8 heteroatoms. The lowest BCUT2D eigenvalue weighted by molar-refractivity contribution is -0.119. The predicted octanol–water partition coefficient (Wildman–Crippen LogP) is 5.97. The first kappa shape index (κ1) is 26.7. The zero-order valence-corrected chi connectivity index (χ0v) is 22.4. The molecule has 4 aromatic carbocycles. The number of hydrogen-bond acceptors (Lipinski definition) is 5. The molecule has 2 atom stereocenters. The Labute approximate surface area is 232 Å². The van der Waals surface area contributed by atoms with Gasteiger partial charge in [0.25, 0.3) is 5.91 Å². The van der Waals surface area contributed by atoms with Crippen molar-refractivity contribution in [2.24, 2.45) is 0 Å². The molecule has 0 aliphatic carbocycles. The number of anilines is 1. The number of nitrogens with zero attached hydrogens (tertiary/aromatic N) is 1. The van der Waals surface area contributed by atoms with Gasteiger partial charge in [-0.3, -0.25) is 9.59 Å². The molecule has 0 aromatic heterocycles. The highest BCUT2D eigenvalue weighted by Crippen LogP contribution is 2.44. The predicted molar refractivity (Wildman–Crippen MR) is 149 cm³/mol. The Bertz CT molecular complexity index is 1520. The SMILES string of the molecule is COc1ccc(C2C(C(=O)Nc3ccc(OC)c(OC)c3)c3ccccc3C(=O)N2Cc2ccc(F)cc2)cc1. The van der Waals surface area contributed by atoms with Gasteiger partial charge in [-0.1, -0.05) is 42.5 Å². The molecule has 5 rings (SSSR count). The molecule has 0 fully saturated rings. The first-order valence-electron chi connectivity index (χ1n) is 12.7. The summed E-state index contributed by atoms with van der Waals surface area (Å²) in [6, 6.07) is 25.0. The maximum atomic E-state index is 14.1. The Morgan fingerprint density at radius 1 is 0.850 bits per heavy atom. The molecule has 1 N–H and O–H groups in total. The Morgan fingerprint density at radius 3 is 2.23 bits per heavy atom. The van der Waals surface area contributed by atoms with Crippen molar-refractivity contribution in [1.82, 2.24) is 4.90 Å². The average molecular weight is 541 g/mol. The fourth-order valence-corrected chi connectivity index (χ4v) is 5.14. The van der Waals surface area contributed by atoms with Crippen LogP contribution in [0.5, 0.6) is 17.2 Å². The van der Waals surface area contributed by atoms with Crippen LogP contribution in [0.15, 0.2) is 91.0 Å². The summed E-state index contributed by atoms with van der Waals surface area (Å²) in [4.78, 5) is 29.8. The summed E-state index contributed by atoms with van der Waals surface area (Å²) in [5, 5.41) is 3.02. The molecule has 0 bridgehead atoms. The van der Waals surface area contributed by atoms with Gasteiger partial charge in [0.1, 0.15) is 11.6 Å². The van der Waals surface area contributed by atoms with Crippen molar-refractivity contribution in [2.75, 3.05) is 26.6 Å². The van der Waals surface area contributed by atoms with Crippen LogP contribution in [0.25, 0.3) is 0 Å². The highest BCUT2D eigenvalue weighted by molar-refractivity contribution is 6.04. The van der Waals surface area contributed by atoms with Gasteiger partial charge in [-0.2, -0.15) is 0 Å². The van der Waals surface area contributed by atoms with Crippen molar-refractivity contribution < 1.29 is 28.2 Å². The first-order chi connectivity index (χ1) is 19.4. The Kier molecular flexibility index (Phi) is 7.68. The summed E-state index contributed by atoms with van der Waals surface area (Å²) in [5.74, 6) is 0.0457. The Morgan fingerprint density at radius 2 is 1.55 bits per heavy atom. The molecule has 1 heterocycles. The summed E-state index contributed by atoms with van der Waals surface area (Å²) >= 11 is 0. The third-order valence-electron chi connectivity index (χ3n) is 7.10. The number of fused-ring (bicyclic) bond motifs is 1. The van der Waals surface area contributed by atoms with Gasteiger partial charge >= 0.3 is 0 Å². The normalized spacial score (nSPS) is 16.2. The number of nitrogens with one attached hydrogen (secondary N) is 1. The summed E-state index contributed by atoms with van der Waals surface area (Å²) in [6.45, 7) is 0.185. The molecule has 0 saturated heterocycles. The molecular weight excluding hydrogens is 511 g/mol. The van der Waals surface area contributed by atoms with Gasteiger partial charge in [0.2, 0.25) is 5.91 Å². The van der Waals surface area contributed by atoms with Crippen molar-refractivity contribution in [1.29, 1.82) is 0 Å². The standard InChI is InChI=1S/C32H29FN2O5/c1-38-24-15-10-21(11-16-24)30-29(31(36)34-23-14-17-27(39-2)28(18-23)40-3)25-6-4-5-7-26(25)32(37)35(30)19-20-8-12-22(33)13-9-20/h4-18,29-30H,19H2,1-3H3,(H,34,36). The van der Waals surface area contributed by atoms with Crippen LogP contribution in [0.4, 0.5) is 10.1 Å². The topological polar surface area (TPSA) is 77.1 Å². The lowest BCUT2D eigenvalue weighted by atomic mass is 9.79. The van der Waals surface area contributed by atoms with E-state index in [-0.39, 0.29) is 24.2 Å². The van der Waals surface area contributed by atoms with Crippen molar-refractivity contribution in [3.63, 3.8) is 0 Å². The molecule has 0 radical (unpaired) electrons. The molecule has 40 heavy (non-hydrogen) atoms. The lowest BCUT2D eigenvalue weighted by Gasteiger charge is -2.42. The van der Waals surface area contributed by atoms with Crippen molar-refractivity contribution in [3.05, 3.63) is 119 Å². The molecule has 1 aliphatic heterocycles. The van der Waals surface area contributed by atoms with Crippen LogP contribution < -0.4 is 19.5 Å². The number of carbonyl (C=O) groups is 2. The number of halogens is 1. The minimum atomic E-state index is -0.754. The van der Waals surface area contributed by atoms with E-state index < -0.39 is 12.0 Å². The van der Waals surface area contributed by atoms with Crippen LogP contribution in [0.1, 0.15) is 39.0 Å². The highest BCUT2D eigenvalue weighted by atomic mass is 19.1. The molecule has 0 spiro atoms. The molecule has 1 aliphatic rings.